The fraction of sp³-hybridized carbons (Fsp3) is 0.308. The van der Waals surface area contributed by atoms with E-state index < -0.39 is 29.8 Å². The molecule has 1 aromatic rings. The first-order chi connectivity index (χ1) is 9.31. The molecule has 0 bridgehead atoms. The monoisotopic (exact) mass is 280 g/mol. The van der Waals surface area contributed by atoms with Crippen LogP contribution in [-0.2, 0) is 9.59 Å². The van der Waals surface area contributed by atoms with E-state index in [1.54, 1.807) is 0 Å². The molecule has 0 heterocycles. The summed E-state index contributed by atoms with van der Waals surface area (Å²) in [5.41, 5.74) is 6.22. The Morgan fingerprint density at radius 3 is 2.15 bits per heavy atom. The Hall–Kier alpha value is -2.57. The second-order valence-corrected chi connectivity index (χ2v) is 4.46. The Morgan fingerprint density at radius 2 is 1.70 bits per heavy atom. The predicted molar refractivity (Wildman–Crippen MR) is 71.2 cm³/mol. The summed E-state index contributed by atoms with van der Waals surface area (Å²) < 4.78 is 0. The lowest BCUT2D eigenvalue weighted by Gasteiger charge is -2.16. The first kappa shape index (κ1) is 15.5. The summed E-state index contributed by atoms with van der Waals surface area (Å²) in [7, 11) is 0. The normalized spacial score (nSPS) is 13.2. The Bertz CT molecular complexity index is 512. The number of benzene rings is 1. The SMILES string of the molecule is CC(CC(NC(=O)c1ccc(N)cc1)C(=O)O)C(=O)O. The lowest BCUT2D eigenvalue weighted by Crippen LogP contribution is -2.42. The van der Waals surface area contributed by atoms with E-state index >= 15 is 0 Å². The van der Waals surface area contributed by atoms with Crippen LogP contribution in [0.1, 0.15) is 23.7 Å². The Morgan fingerprint density at radius 1 is 1.15 bits per heavy atom. The van der Waals surface area contributed by atoms with Gasteiger partial charge in [0.25, 0.3) is 5.91 Å². The second kappa shape index (κ2) is 6.55. The molecule has 108 valence electrons. The van der Waals surface area contributed by atoms with Crippen molar-refractivity contribution in [1.29, 1.82) is 0 Å². The van der Waals surface area contributed by atoms with Crippen LogP contribution in [0.2, 0.25) is 0 Å². The second-order valence-electron chi connectivity index (χ2n) is 4.46. The van der Waals surface area contributed by atoms with Gasteiger partial charge in [0.2, 0.25) is 0 Å². The molecule has 20 heavy (non-hydrogen) atoms. The standard InChI is InChI=1S/C13H16N2O5/c1-7(12(17)18)6-10(13(19)20)15-11(16)8-2-4-9(14)5-3-8/h2-5,7,10H,6,14H2,1H3,(H,15,16)(H,17,18)(H,19,20). The molecule has 1 amide bonds. The highest BCUT2D eigenvalue weighted by molar-refractivity contribution is 5.96. The number of nitrogens with one attached hydrogen (secondary N) is 1. The number of aliphatic carboxylic acids is 2. The average Bonchev–Trinajstić information content (AvgIpc) is 2.38. The molecular formula is C13H16N2O5. The van der Waals surface area contributed by atoms with E-state index in [1.807, 2.05) is 0 Å². The van der Waals surface area contributed by atoms with Crippen molar-refractivity contribution in [3.05, 3.63) is 29.8 Å². The Kier molecular flexibility index (Phi) is 5.08. The lowest BCUT2D eigenvalue weighted by atomic mass is 10.0. The largest absolute Gasteiger partial charge is 0.481 e. The molecular weight excluding hydrogens is 264 g/mol. The van der Waals surface area contributed by atoms with Crippen LogP contribution in [0, 0.1) is 5.92 Å². The number of amides is 1. The van der Waals surface area contributed by atoms with Crippen molar-refractivity contribution >= 4 is 23.5 Å². The van der Waals surface area contributed by atoms with Gasteiger partial charge in [0.05, 0.1) is 5.92 Å². The number of hydrogen-bond acceptors (Lipinski definition) is 4. The van der Waals surface area contributed by atoms with Crippen molar-refractivity contribution in [1.82, 2.24) is 5.32 Å². The number of nitrogens with two attached hydrogens (primary N) is 1. The highest BCUT2D eigenvalue weighted by Gasteiger charge is 2.25. The van der Waals surface area contributed by atoms with Crippen LogP contribution >= 0.6 is 0 Å². The van der Waals surface area contributed by atoms with Crippen LogP contribution < -0.4 is 11.1 Å². The van der Waals surface area contributed by atoms with Gasteiger partial charge in [-0.3, -0.25) is 9.59 Å². The van der Waals surface area contributed by atoms with Crippen LogP contribution in [0.3, 0.4) is 0 Å². The van der Waals surface area contributed by atoms with Crippen LogP contribution in [0.5, 0.6) is 0 Å². The Balaban J connectivity index is 2.75. The van der Waals surface area contributed by atoms with Gasteiger partial charge >= 0.3 is 11.9 Å². The minimum Gasteiger partial charge on any atom is -0.481 e. The predicted octanol–water partition coefficient (Wildman–Crippen LogP) is 0.563. The highest BCUT2D eigenvalue weighted by Crippen LogP contribution is 2.09. The molecule has 0 radical (unpaired) electrons. The van der Waals surface area contributed by atoms with E-state index in [1.165, 1.54) is 31.2 Å². The fourth-order valence-corrected chi connectivity index (χ4v) is 1.55. The number of hydrogen-bond donors (Lipinski definition) is 4. The van der Waals surface area contributed by atoms with Crippen LogP contribution in [0.4, 0.5) is 5.69 Å². The molecule has 0 spiro atoms. The molecule has 2 unspecified atom stereocenters. The van der Waals surface area contributed by atoms with Gasteiger partial charge in [0.15, 0.2) is 0 Å². The first-order valence-corrected chi connectivity index (χ1v) is 5.93. The number of rotatable bonds is 6. The number of carboxylic acid groups (broad SMARTS) is 2. The van der Waals surface area contributed by atoms with Crippen molar-refractivity contribution in [3.8, 4) is 0 Å². The molecule has 0 aliphatic carbocycles. The molecule has 7 nitrogen and oxygen atoms in total. The maximum atomic E-state index is 11.9. The molecule has 2 atom stereocenters. The van der Waals surface area contributed by atoms with E-state index in [9.17, 15) is 14.4 Å². The Labute approximate surface area is 115 Å². The van der Waals surface area contributed by atoms with Gasteiger partial charge in [-0.2, -0.15) is 0 Å². The van der Waals surface area contributed by atoms with Crippen molar-refractivity contribution in [3.63, 3.8) is 0 Å². The minimum absolute atomic E-state index is 0.189. The van der Waals surface area contributed by atoms with Gasteiger partial charge in [-0.25, -0.2) is 4.79 Å². The van der Waals surface area contributed by atoms with Crippen molar-refractivity contribution in [2.45, 2.75) is 19.4 Å². The topological polar surface area (TPSA) is 130 Å². The summed E-state index contributed by atoms with van der Waals surface area (Å²) in [6, 6.07) is 4.70. The van der Waals surface area contributed by atoms with Gasteiger partial charge in [0, 0.05) is 11.3 Å². The zero-order chi connectivity index (χ0) is 15.3. The number of carbonyl (C=O) groups excluding carboxylic acids is 1. The molecule has 0 aliphatic rings. The van der Waals surface area contributed by atoms with Crippen LogP contribution in [0.15, 0.2) is 24.3 Å². The molecule has 0 saturated heterocycles. The number of carboxylic acids is 2. The van der Waals surface area contributed by atoms with Gasteiger partial charge in [-0.1, -0.05) is 6.92 Å². The molecule has 7 heteroatoms. The minimum atomic E-state index is -1.28. The van der Waals surface area contributed by atoms with E-state index in [0.29, 0.717) is 5.69 Å². The van der Waals surface area contributed by atoms with Gasteiger partial charge in [-0.05, 0) is 30.7 Å². The summed E-state index contributed by atoms with van der Waals surface area (Å²) in [5, 5.41) is 20.1. The summed E-state index contributed by atoms with van der Waals surface area (Å²) in [6.45, 7) is 1.38. The molecule has 0 fully saturated rings. The van der Waals surface area contributed by atoms with Gasteiger partial charge < -0.3 is 21.3 Å². The number of nitrogen functional groups attached to an aromatic ring is 1. The molecule has 5 N–H and O–H groups in total. The maximum Gasteiger partial charge on any atom is 0.326 e. The summed E-state index contributed by atoms with van der Waals surface area (Å²) in [4.78, 5) is 33.6. The third-order valence-electron chi connectivity index (χ3n) is 2.79. The molecule has 1 aromatic carbocycles. The molecule has 0 saturated carbocycles. The third kappa shape index (κ3) is 4.27. The van der Waals surface area contributed by atoms with Crippen LogP contribution in [0.25, 0.3) is 0 Å². The van der Waals surface area contributed by atoms with Gasteiger partial charge in [0.1, 0.15) is 6.04 Å². The van der Waals surface area contributed by atoms with E-state index in [4.69, 9.17) is 15.9 Å². The zero-order valence-corrected chi connectivity index (χ0v) is 10.9. The van der Waals surface area contributed by atoms with E-state index in [2.05, 4.69) is 5.32 Å². The highest BCUT2D eigenvalue weighted by atomic mass is 16.4. The van der Waals surface area contributed by atoms with Crippen LogP contribution in [-0.4, -0.2) is 34.1 Å². The smallest absolute Gasteiger partial charge is 0.326 e. The molecule has 0 aromatic heterocycles. The van der Waals surface area contributed by atoms with Crippen molar-refractivity contribution < 1.29 is 24.6 Å². The lowest BCUT2D eigenvalue weighted by molar-refractivity contribution is -0.143. The number of carbonyl (C=O) groups is 3. The quantitative estimate of drug-likeness (QED) is 0.563. The van der Waals surface area contributed by atoms with E-state index in [0.717, 1.165) is 0 Å². The average molecular weight is 280 g/mol. The maximum absolute atomic E-state index is 11.9. The van der Waals surface area contributed by atoms with Crippen molar-refractivity contribution in [2.75, 3.05) is 5.73 Å². The number of anilines is 1. The third-order valence-corrected chi connectivity index (χ3v) is 2.79. The molecule has 0 aliphatic heterocycles. The zero-order valence-electron chi connectivity index (χ0n) is 10.9. The molecule has 1 rings (SSSR count). The van der Waals surface area contributed by atoms with Crippen molar-refractivity contribution in [2.24, 2.45) is 5.92 Å². The summed E-state index contributed by atoms with van der Waals surface area (Å²) in [6.07, 6.45) is -0.189. The summed E-state index contributed by atoms with van der Waals surface area (Å²) in [5.74, 6) is -3.85. The summed E-state index contributed by atoms with van der Waals surface area (Å²) >= 11 is 0. The van der Waals surface area contributed by atoms with Gasteiger partial charge in [-0.15, -0.1) is 0 Å². The van der Waals surface area contributed by atoms with E-state index in [-0.39, 0.29) is 12.0 Å². The fourth-order valence-electron chi connectivity index (χ4n) is 1.55. The first-order valence-electron chi connectivity index (χ1n) is 5.93.